The normalized spacial score (nSPS) is 10.6. The first kappa shape index (κ1) is 21.0. The lowest BCUT2D eigenvalue weighted by atomic mass is 10.0. The molecule has 0 heterocycles. The maximum atomic E-state index is 12.1. The lowest BCUT2D eigenvalue weighted by molar-refractivity contribution is 0.0498. The summed E-state index contributed by atoms with van der Waals surface area (Å²) in [6.07, 6.45) is 5.36. The Hall–Kier alpha value is -2.33. The molecular weight excluding hydrogens is 338 g/mol. The van der Waals surface area contributed by atoms with Crippen LogP contribution in [0.3, 0.4) is 0 Å². The van der Waals surface area contributed by atoms with Crippen molar-refractivity contribution in [2.45, 2.75) is 39.0 Å². The zero-order valence-corrected chi connectivity index (χ0v) is 16.5. The third-order valence-electron chi connectivity index (χ3n) is 4.38. The van der Waals surface area contributed by atoms with Gasteiger partial charge < -0.3 is 14.8 Å². The first-order chi connectivity index (χ1) is 13.2. The molecule has 0 atom stereocenters. The minimum absolute atomic E-state index is 0.262. The van der Waals surface area contributed by atoms with Crippen molar-refractivity contribution in [3.63, 3.8) is 0 Å². The van der Waals surface area contributed by atoms with Crippen LogP contribution < -0.4 is 10.1 Å². The van der Waals surface area contributed by atoms with E-state index in [2.05, 4.69) is 12.2 Å². The SMILES string of the molecule is CCCCCOc1ccc(-c2ccc(C(=O)OCCCCNC)cc2)cc1. The molecule has 0 bridgehead atoms. The summed E-state index contributed by atoms with van der Waals surface area (Å²) in [7, 11) is 1.92. The van der Waals surface area contributed by atoms with E-state index in [1.54, 1.807) is 0 Å². The lowest BCUT2D eigenvalue weighted by Gasteiger charge is -2.08. The van der Waals surface area contributed by atoms with Crippen LogP contribution in [0.2, 0.25) is 0 Å². The molecule has 2 aromatic carbocycles. The largest absolute Gasteiger partial charge is 0.494 e. The van der Waals surface area contributed by atoms with Crippen LogP contribution in [0.4, 0.5) is 0 Å². The Balaban J connectivity index is 1.84. The molecule has 0 aliphatic heterocycles. The molecule has 0 aliphatic rings. The van der Waals surface area contributed by atoms with Gasteiger partial charge in [-0.15, -0.1) is 0 Å². The molecule has 146 valence electrons. The van der Waals surface area contributed by atoms with E-state index in [9.17, 15) is 4.79 Å². The van der Waals surface area contributed by atoms with Crippen LogP contribution in [0, 0.1) is 0 Å². The van der Waals surface area contributed by atoms with E-state index >= 15 is 0 Å². The molecule has 0 amide bonds. The van der Waals surface area contributed by atoms with Gasteiger partial charge in [0.15, 0.2) is 0 Å². The maximum Gasteiger partial charge on any atom is 0.338 e. The van der Waals surface area contributed by atoms with E-state index in [0.29, 0.717) is 12.2 Å². The van der Waals surface area contributed by atoms with Gasteiger partial charge in [0.1, 0.15) is 5.75 Å². The minimum Gasteiger partial charge on any atom is -0.494 e. The number of carbonyl (C=O) groups excluding carboxylic acids is 1. The molecule has 0 aliphatic carbocycles. The number of ether oxygens (including phenoxy) is 2. The van der Waals surface area contributed by atoms with E-state index in [-0.39, 0.29) is 5.97 Å². The van der Waals surface area contributed by atoms with E-state index in [0.717, 1.165) is 49.3 Å². The van der Waals surface area contributed by atoms with Gasteiger partial charge in [-0.05, 0) is 68.2 Å². The predicted molar refractivity (Wildman–Crippen MR) is 110 cm³/mol. The van der Waals surface area contributed by atoms with Gasteiger partial charge in [0.05, 0.1) is 18.8 Å². The summed E-state index contributed by atoms with van der Waals surface area (Å²) >= 11 is 0. The predicted octanol–water partition coefficient (Wildman–Crippen LogP) is 5.08. The second kappa shape index (κ2) is 12.1. The fraction of sp³-hybridized carbons (Fsp3) is 0.435. The van der Waals surface area contributed by atoms with Gasteiger partial charge in [0, 0.05) is 0 Å². The van der Waals surface area contributed by atoms with Gasteiger partial charge in [0.2, 0.25) is 0 Å². The molecule has 2 rings (SSSR count). The van der Waals surface area contributed by atoms with E-state index in [1.807, 2.05) is 55.6 Å². The molecule has 4 nitrogen and oxygen atoms in total. The smallest absolute Gasteiger partial charge is 0.338 e. The number of hydrogen-bond acceptors (Lipinski definition) is 4. The van der Waals surface area contributed by atoms with Gasteiger partial charge in [-0.25, -0.2) is 4.79 Å². The summed E-state index contributed by atoms with van der Waals surface area (Å²) < 4.78 is 11.1. The van der Waals surface area contributed by atoms with Crippen molar-refractivity contribution in [3.8, 4) is 16.9 Å². The molecule has 1 N–H and O–H groups in total. The van der Waals surface area contributed by atoms with Gasteiger partial charge in [-0.3, -0.25) is 0 Å². The average molecular weight is 370 g/mol. The quantitative estimate of drug-likeness (QED) is 0.419. The number of hydrogen-bond donors (Lipinski definition) is 1. The second-order valence-corrected chi connectivity index (χ2v) is 6.60. The fourth-order valence-corrected chi connectivity index (χ4v) is 2.74. The molecule has 0 fully saturated rings. The maximum absolute atomic E-state index is 12.1. The Morgan fingerprint density at radius 1 is 0.852 bits per heavy atom. The Morgan fingerprint density at radius 2 is 1.48 bits per heavy atom. The van der Waals surface area contributed by atoms with E-state index in [1.165, 1.54) is 12.8 Å². The minimum atomic E-state index is -0.262. The lowest BCUT2D eigenvalue weighted by Crippen LogP contribution is -2.10. The first-order valence-electron chi connectivity index (χ1n) is 9.89. The standard InChI is InChI=1S/C23H31NO3/c1-3-4-6-17-26-22-14-12-20(13-15-22)19-8-10-21(11-9-19)23(25)27-18-7-5-16-24-2/h8-15,24H,3-7,16-18H2,1-2H3. The van der Waals surface area contributed by atoms with Crippen molar-refractivity contribution < 1.29 is 14.3 Å². The Labute approximate surface area is 162 Å². The molecule has 0 saturated heterocycles. The summed E-state index contributed by atoms with van der Waals surface area (Å²) in [6.45, 7) is 4.35. The van der Waals surface area contributed by atoms with Crippen molar-refractivity contribution in [3.05, 3.63) is 54.1 Å². The van der Waals surface area contributed by atoms with Gasteiger partial charge in [-0.1, -0.05) is 44.0 Å². The Bertz CT molecular complexity index is 665. The van der Waals surface area contributed by atoms with Crippen LogP contribution in [0.5, 0.6) is 5.75 Å². The number of rotatable bonds is 12. The Kier molecular flexibility index (Phi) is 9.42. The summed E-state index contributed by atoms with van der Waals surface area (Å²) in [4.78, 5) is 12.1. The van der Waals surface area contributed by atoms with Crippen LogP contribution in [0.15, 0.2) is 48.5 Å². The zero-order chi connectivity index (χ0) is 19.3. The summed E-state index contributed by atoms with van der Waals surface area (Å²) in [5.41, 5.74) is 2.75. The second-order valence-electron chi connectivity index (χ2n) is 6.60. The Morgan fingerprint density at radius 3 is 2.11 bits per heavy atom. The highest BCUT2D eigenvalue weighted by molar-refractivity contribution is 5.90. The molecule has 4 heteroatoms. The highest BCUT2D eigenvalue weighted by Crippen LogP contribution is 2.23. The third kappa shape index (κ3) is 7.43. The topological polar surface area (TPSA) is 47.6 Å². The van der Waals surface area contributed by atoms with Crippen molar-refractivity contribution >= 4 is 5.97 Å². The molecule has 27 heavy (non-hydrogen) atoms. The van der Waals surface area contributed by atoms with Crippen molar-refractivity contribution in [1.82, 2.24) is 5.32 Å². The van der Waals surface area contributed by atoms with Gasteiger partial charge in [0.25, 0.3) is 0 Å². The van der Waals surface area contributed by atoms with Crippen LogP contribution in [0.1, 0.15) is 49.4 Å². The van der Waals surface area contributed by atoms with Crippen LogP contribution in [-0.4, -0.2) is 32.8 Å². The number of nitrogens with one attached hydrogen (secondary N) is 1. The summed E-state index contributed by atoms with van der Waals surface area (Å²) in [6, 6.07) is 15.6. The summed E-state index contributed by atoms with van der Waals surface area (Å²) in [5, 5.41) is 3.08. The summed E-state index contributed by atoms with van der Waals surface area (Å²) in [5.74, 6) is 0.634. The number of carbonyl (C=O) groups is 1. The highest BCUT2D eigenvalue weighted by Gasteiger charge is 2.07. The van der Waals surface area contributed by atoms with Gasteiger partial charge in [-0.2, -0.15) is 0 Å². The van der Waals surface area contributed by atoms with Gasteiger partial charge >= 0.3 is 5.97 Å². The molecule has 0 radical (unpaired) electrons. The third-order valence-corrected chi connectivity index (χ3v) is 4.38. The average Bonchev–Trinajstić information content (AvgIpc) is 2.71. The van der Waals surface area contributed by atoms with Crippen molar-refractivity contribution in [2.24, 2.45) is 0 Å². The van der Waals surface area contributed by atoms with Crippen LogP contribution >= 0.6 is 0 Å². The number of esters is 1. The van der Waals surface area contributed by atoms with Crippen molar-refractivity contribution in [1.29, 1.82) is 0 Å². The highest BCUT2D eigenvalue weighted by atomic mass is 16.5. The molecule has 0 aromatic heterocycles. The monoisotopic (exact) mass is 369 g/mol. The molecule has 0 spiro atoms. The van der Waals surface area contributed by atoms with Crippen molar-refractivity contribution in [2.75, 3.05) is 26.8 Å². The molecule has 2 aromatic rings. The zero-order valence-electron chi connectivity index (χ0n) is 16.5. The van der Waals surface area contributed by atoms with Crippen LogP contribution in [0.25, 0.3) is 11.1 Å². The molecular formula is C23H31NO3. The number of unbranched alkanes of at least 4 members (excludes halogenated alkanes) is 3. The van der Waals surface area contributed by atoms with E-state index in [4.69, 9.17) is 9.47 Å². The molecule has 0 unspecified atom stereocenters. The van der Waals surface area contributed by atoms with E-state index < -0.39 is 0 Å². The number of benzene rings is 2. The fourth-order valence-electron chi connectivity index (χ4n) is 2.74. The molecule has 0 saturated carbocycles. The first-order valence-corrected chi connectivity index (χ1v) is 9.89. The van der Waals surface area contributed by atoms with Crippen LogP contribution in [-0.2, 0) is 4.74 Å².